The molecule has 14 rings (SSSR count). The van der Waals surface area contributed by atoms with Crippen molar-refractivity contribution in [2.24, 2.45) is 0 Å². The number of aromatic amines is 5. The summed E-state index contributed by atoms with van der Waals surface area (Å²) in [5.74, 6) is 4.72. The number of piperidine rings is 2. The summed E-state index contributed by atoms with van der Waals surface area (Å²) in [6.45, 7) is 20.4. The molecule has 0 radical (unpaired) electrons. The van der Waals surface area contributed by atoms with E-state index in [1.54, 1.807) is 80.2 Å². The van der Waals surface area contributed by atoms with Crippen molar-refractivity contribution in [2.75, 3.05) is 94.4 Å². The number of pyridine rings is 5. The molecule has 4 aliphatic rings. The maximum atomic E-state index is 12.2. The number of fused-ring (bicyclic) bond motifs is 5. The molecule has 604 valence electrons. The second-order valence-electron chi connectivity index (χ2n) is 27.8. The molecule has 111 heavy (non-hydrogen) atoms. The molecule has 10 aromatic heterocycles. The van der Waals surface area contributed by atoms with E-state index in [-0.39, 0.29) is 71.4 Å². The zero-order valence-corrected chi connectivity index (χ0v) is 72.1. The van der Waals surface area contributed by atoms with Gasteiger partial charge in [0.1, 0.15) is 73.8 Å². The van der Waals surface area contributed by atoms with Gasteiger partial charge in [-0.3, -0.25) is 4.79 Å². The number of aliphatic hydroxyl groups is 2. The minimum atomic E-state index is -0.475. The number of hydrogen-bond acceptors (Lipinski definition) is 19. The van der Waals surface area contributed by atoms with Crippen molar-refractivity contribution < 1.29 is 97.2 Å². The number of alkyl halides is 2. The number of carbonyl (C=O) groups is 4. The summed E-state index contributed by atoms with van der Waals surface area (Å²) in [5, 5.41) is 28.4. The van der Waals surface area contributed by atoms with E-state index in [0.717, 1.165) is 124 Å². The predicted molar refractivity (Wildman–Crippen MR) is 436 cm³/mol. The Kier molecular flexibility index (Phi) is 42.6. The van der Waals surface area contributed by atoms with Gasteiger partial charge in [0.15, 0.2) is 0 Å². The van der Waals surface area contributed by atoms with Gasteiger partial charge in [0.2, 0.25) is 0 Å². The summed E-state index contributed by atoms with van der Waals surface area (Å²) < 4.78 is 37.6. The van der Waals surface area contributed by atoms with Crippen LogP contribution in [0.15, 0.2) is 111 Å². The van der Waals surface area contributed by atoms with Gasteiger partial charge in [-0.05, 0) is 165 Å². The van der Waals surface area contributed by atoms with Crippen molar-refractivity contribution in [3.05, 3.63) is 132 Å². The van der Waals surface area contributed by atoms with Crippen LogP contribution in [0.5, 0.6) is 23.0 Å². The number of nitrogens with one attached hydrogen (secondary N) is 5. The number of nitrogens with zero attached hydrogens (tertiary/aromatic N) is 8. The minimum absolute atomic E-state index is 0. The number of ketones is 1. The van der Waals surface area contributed by atoms with E-state index in [0.29, 0.717) is 63.9 Å². The third kappa shape index (κ3) is 29.4. The zero-order valence-electron chi connectivity index (χ0n) is 67.0. The van der Waals surface area contributed by atoms with Crippen LogP contribution in [-0.4, -0.2) is 210 Å². The molecule has 2 saturated heterocycles. The average molecular weight is 1630 g/mol. The first kappa shape index (κ1) is 97.1. The largest absolute Gasteiger partial charge is 1.00 e. The molecule has 7 N–H and O–H groups in total. The molecule has 1 saturated carbocycles. The maximum Gasteiger partial charge on any atom is 1.00 e. The molecule has 13 heterocycles. The summed E-state index contributed by atoms with van der Waals surface area (Å²) in [5.41, 5.74) is 7.80. The molecule has 3 aliphatic heterocycles. The number of aliphatic hydroxyl groups excluding tert-OH is 2. The van der Waals surface area contributed by atoms with Gasteiger partial charge in [-0.1, -0.05) is 36.9 Å². The van der Waals surface area contributed by atoms with Crippen LogP contribution in [0, 0.1) is 0 Å². The van der Waals surface area contributed by atoms with Crippen LogP contribution < -0.4 is 53.6 Å². The molecule has 0 atom stereocenters. The Bertz CT molecular complexity index is 4430. The Morgan fingerprint density at radius 3 is 1.27 bits per heavy atom. The van der Waals surface area contributed by atoms with Crippen LogP contribution in [0.25, 0.3) is 60.7 Å². The molecule has 0 unspecified atom stereocenters. The summed E-state index contributed by atoms with van der Waals surface area (Å²) >= 11 is 15.4. The minimum Gasteiger partial charge on any atom is -0.857 e. The molecule has 0 aromatic carbocycles. The fourth-order valence-corrected chi connectivity index (χ4v) is 12.6. The van der Waals surface area contributed by atoms with Crippen LogP contribution in [0.1, 0.15) is 155 Å². The number of methoxy groups -OCH3 is 4. The monoisotopic (exact) mass is 1630 g/mol. The number of H-pyrrole nitrogens is 5. The van der Waals surface area contributed by atoms with Crippen LogP contribution in [-0.2, 0) is 19.0 Å². The fraction of sp³-hybridized carbons (Fsp3) is 0.481. The van der Waals surface area contributed by atoms with Crippen LogP contribution in [0.2, 0.25) is 5.02 Å². The summed E-state index contributed by atoms with van der Waals surface area (Å²) in [6.07, 6.45) is 29.9. The number of Topliss-reactive ketones (excluding diaryl/α,β-unsaturated/α-hetero) is 1. The Morgan fingerprint density at radius 1 is 0.486 bits per heavy atom. The molecular weight excluding hydrogens is 1520 g/mol. The number of hydrogen-bond donors (Lipinski definition) is 7. The molecule has 27 nitrogen and oxygen atoms in total. The number of amides is 3. The van der Waals surface area contributed by atoms with Crippen molar-refractivity contribution in [3.8, 4) is 23.0 Å². The quantitative estimate of drug-likeness (QED) is 0.0443. The fourth-order valence-electron chi connectivity index (χ4n) is 12.4. The number of halogens is 4. The SMILES string of the molecule is CC(C)(C)OC(=O)N1CCC(=O)CC1.CO.CO.COc1ccnc2[nH]cc(C3=CCN(C(=O)OC(C)(C)C)CC3)c12.COc1ccnc2[nH]cc(C3CCCCC3)c12.COc1ccnc2[nH]cc(C3CCN(C(=O)OC(C)(C)C)CC3)c12.COc1ccnc2[nH]ccc12.C[O-].Cl.ClCCl.Clc1ccnc2[nH]ccc12.[Na+]. The molecule has 32 heteroatoms. The molecule has 10 aromatic rings. The van der Waals surface area contributed by atoms with E-state index in [9.17, 15) is 19.2 Å². The second kappa shape index (κ2) is 48.7. The summed E-state index contributed by atoms with van der Waals surface area (Å²) in [6, 6.07) is 13.2. The standard InChI is InChI=1S/C18H25N3O3.C18H23N3O3.C14H18N2O.C10H17NO3.C8H8N2O.C7H5ClN2.CH2Cl2.2CH4O.CH3O.ClH.Na/c2*1-18(2,3)24-17(22)21-9-6-12(7-10-21)13-11-20-16-15(13)14(23-4)5-8-19-16;1-17-12-7-8-15-14-13(12)11(9-16-14)10-5-3-2-4-6-10;1-10(2,3)14-9(13)11-6-4-8(12)5-7-11;1-11-7-3-5-10-8-6(7)2-4-9-8;8-6-2-4-10-7-5(6)1-3-9-7;2-1-3;3*1-2;;/h5,8,11-12H,6-7,9-10H2,1-4H3,(H,19,20);5-6,8,11H,7,9-10H2,1-4H3,(H,19,20);7-10H,2-6H2,1H3,(H,15,16);4-7H2,1-3H3;2-5H,1H3,(H,9,10);1-4H,(H,9,10);1H2;2*2H,1H3;1H3;1H;/q;;;;;;;;;-1;;+1. The van der Waals surface area contributed by atoms with Gasteiger partial charge in [-0.25, -0.2) is 39.3 Å². The van der Waals surface area contributed by atoms with Crippen molar-refractivity contribution >= 4 is 132 Å². The van der Waals surface area contributed by atoms with Gasteiger partial charge in [-0.2, -0.15) is 7.11 Å². The Labute approximate surface area is 693 Å². The third-order valence-corrected chi connectivity index (χ3v) is 17.5. The Morgan fingerprint density at radius 2 is 0.847 bits per heavy atom. The van der Waals surface area contributed by atoms with Gasteiger partial charge < -0.3 is 88.1 Å². The second-order valence-corrected chi connectivity index (χ2v) is 29.0. The van der Waals surface area contributed by atoms with Crippen molar-refractivity contribution in [2.45, 2.75) is 155 Å². The smallest absolute Gasteiger partial charge is 0.857 e. The van der Waals surface area contributed by atoms with Gasteiger partial charge in [0.05, 0.1) is 60.3 Å². The number of likely N-dealkylation sites (tertiary alicyclic amines) is 2. The zero-order chi connectivity index (χ0) is 80.4. The molecule has 0 spiro atoms. The van der Waals surface area contributed by atoms with Gasteiger partial charge in [0, 0.05) is 139 Å². The number of ether oxygens (including phenoxy) is 7. The summed E-state index contributed by atoms with van der Waals surface area (Å²) in [4.78, 5) is 88.8. The van der Waals surface area contributed by atoms with Crippen LogP contribution >= 0.6 is 47.2 Å². The van der Waals surface area contributed by atoms with Gasteiger partial charge in [0.25, 0.3) is 0 Å². The number of rotatable bonds is 7. The molecule has 3 fully saturated rings. The first-order valence-corrected chi connectivity index (χ1v) is 37.3. The van der Waals surface area contributed by atoms with Crippen molar-refractivity contribution in [1.82, 2.24) is 64.5 Å². The van der Waals surface area contributed by atoms with E-state index in [1.165, 1.54) is 54.2 Å². The molecular formula is C79H110Cl4N13NaO14. The number of carbonyl (C=O) groups excluding carboxylic acids is 4. The van der Waals surface area contributed by atoms with E-state index in [2.05, 4.69) is 62.1 Å². The average Bonchev–Trinajstić information content (AvgIpc) is 1.65. The first-order valence-electron chi connectivity index (χ1n) is 35.9. The van der Waals surface area contributed by atoms with Crippen LogP contribution in [0.4, 0.5) is 14.4 Å². The van der Waals surface area contributed by atoms with E-state index < -0.39 is 16.8 Å². The topological polar surface area (TPSA) is 350 Å². The van der Waals surface area contributed by atoms with Crippen molar-refractivity contribution in [1.29, 1.82) is 0 Å². The predicted octanol–water partition coefficient (Wildman–Crippen LogP) is 13.3. The summed E-state index contributed by atoms with van der Waals surface area (Å²) in [7, 11) is 9.47. The van der Waals surface area contributed by atoms with E-state index >= 15 is 0 Å². The third-order valence-electron chi connectivity index (χ3n) is 17.2. The normalized spacial score (nSPS) is 14.1. The Hall–Kier alpha value is -8.09. The first-order chi connectivity index (χ1) is 52.3. The molecule has 1 aliphatic carbocycles. The van der Waals surface area contributed by atoms with Crippen LogP contribution in [0.3, 0.4) is 0 Å². The van der Waals surface area contributed by atoms with Gasteiger partial charge >= 0.3 is 47.8 Å². The maximum absolute atomic E-state index is 12.2. The molecule has 3 amide bonds. The van der Waals surface area contributed by atoms with E-state index in [4.69, 9.17) is 83.3 Å². The van der Waals surface area contributed by atoms with Crippen molar-refractivity contribution in [3.63, 3.8) is 0 Å². The molecule has 0 bridgehead atoms. The van der Waals surface area contributed by atoms with Gasteiger partial charge in [-0.15, -0.1) is 35.6 Å². The Balaban J connectivity index is 0.000000344. The van der Waals surface area contributed by atoms with E-state index in [1.807, 2.05) is 123 Å². The number of aromatic nitrogens is 10.